The molecular formula is C54H36N4. The molecular weight excluding hydrogens is 705 g/mol. The summed E-state index contributed by atoms with van der Waals surface area (Å²) in [7, 11) is 0. The average molecular weight is 741 g/mol. The largest absolute Gasteiger partial charge is 0.309 e. The predicted molar refractivity (Wildman–Crippen MR) is 240 cm³/mol. The summed E-state index contributed by atoms with van der Waals surface area (Å²) in [4.78, 5) is 12.6. The first-order valence-corrected chi connectivity index (χ1v) is 19.7. The summed E-state index contributed by atoms with van der Waals surface area (Å²) in [6.45, 7) is 0. The second-order valence-corrected chi connectivity index (χ2v) is 14.6. The van der Waals surface area contributed by atoms with E-state index >= 15 is 0 Å². The van der Waals surface area contributed by atoms with Gasteiger partial charge in [-0.1, -0.05) is 158 Å². The van der Waals surface area contributed by atoms with Gasteiger partial charge in [-0.15, -0.1) is 0 Å². The highest BCUT2D eigenvalue weighted by Gasteiger charge is 2.31. The summed E-state index contributed by atoms with van der Waals surface area (Å²) in [5.41, 5.74) is 17.5. The van der Waals surface area contributed by atoms with Gasteiger partial charge in [0.05, 0.1) is 34.0 Å². The van der Waals surface area contributed by atoms with E-state index in [9.17, 15) is 0 Å². The van der Waals surface area contributed by atoms with E-state index in [1.54, 1.807) is 0 Å². The van der Waals surface area contributed by atoms with Gasteiger partial charge in [0, 0.05) is 50.1 Å². The van der Waals surface area contributed by atoms with Crippen molar-refractivity contribution in [2.75, 3.05) is 4.90 Å². The molecule has 0 unspecified atom stereocenters. The summed E-state index contributed by atoms with van der Waals surface area (Å²) in [5, 5.41) is 1.19. The molecule has 1 aliphatic rings. The standard InChI is InChI=1S/C54H36N4/c1-5-18-37(19-6-1)47-36-48(56-54(55-47)38-20-7-2-8-21-38)41-23-17-22-39(34-41)40-32-33-51-46(35-40)52-44-28-13-15-30-49(44)57(42-24-9-3-10-25-42)50-31-16-14-29-45(50)53(52)58(51)43-26-11-4-12-27-43/h1-36H. The Morgan fingerprint density at radius 2 is 0.862 bits per heavy atom. The van der Waals surface area contributed by atoms with Gasteiger partial charge in [-0.3, -0.25) is 0 Å². The highest BCUT2D eigenvalue weighted by molar-refractivity contribution is 6.13. The van der Waals surface area contributed by atoms with Gasteiger partial charge in [0.1, 0.15) is 0 Å². The van der Waals surface area contributed by atoms with Gasteiger partial charge in [-0.25, -0.2) is 9.97 Å². The van der Waals surface area contributed by atoms with Gasteiger partial charge in [0.15, 0.2) is 5.82 Å². The predicted octanol–water partition coefficient (Wildman–Crippen LogP) is 14.2. The van der Waals surface area contributed by atoms with Crippen LogP contribution in [0.15, 0.2) is 218 Å². The van der Waals surface area contributed by atoms with Gasteiger partial charge in [0.2, 0.25) is 0 Å². The molecule has 0 bridgehead atoms. The van der Waals surface area contributed by atoms with E-state index < -0.39 is 0 Å². The molecule has 0 fully saturated rings. The Hall–Kier alpha value is -7.82. The van der Waals surface area contributed by atoms with Crippen molar-refractivity contribution in [3.63, 3.8) is 0 Å². The van der Waals surface area contributed by atoms with Crippen LogP contribution in [0.25, 0.3) is 84.0 Å². The lowest BCUT2D eigenvalue weighted by atomic mass is 9.95. The highest BCUT2D eigenvalue weighted by Crippen LogP contribution is 2.54. The number of aromatic nitrogens is 3. The number of hydrogen-bond donors (Lipinski definition) is 0. The van der Waals surface area contributed by atoms with Crippen LogP contribution >= 0.6 is 0 Å². The minimum absolute atomic E-state index is 0.706. The van der Waals surface area contributed by atoms with Crippen LogP contribution < -0.4 is 4.90 Å². The monoisotopic (exact) mass is 740 g/mol. The van der Waals surface area contributed by atoms with Gasteiger partial charge in [-0.05, 0) is 71.8 Å². The van der Waals surface area contributed by atoms with Crippen LogP contribution in [0.1, 0.15) is 0 Å². The smallest absolute Gasteiger partial charge is 0.160 e. The Bertz CT molecular complexity index is 3040. The summed E-state index contributed by atoms with van der Waals surface area (Å²) in [6, 6.07) is 77.5. The van der Waals surface area contributed by atoms with Crippen molar-refractivity contribution < 1.29 is 0 Å². The van der Waals surface area contributed by atoms with Crippen molar-refractivity contribution >= 4 is 28.0 Å². The Morgan fingerprint density at radius 3 is 1.57 bits per heavy atom. The normalized spacial score (nSPS) is 11.8. The lowest BCUT2D eigenvalue weighted by Gasteiger charge is -2.27. The molecule has 58 heavy (non-hydrogen) atoms. The number of hydrogen-bond acceptors (Lipinski definition) is 3. The van der Waals surface area contributed by atoms with Crippen LogP contribution in [0.5, 0.6) is 0 Å². The second kappa shape index (κ2) is 14.0. The van der Waals surface area contributed by atoms with Crippen molar-refractivity contribution in [3.8, 4) is 73.1 Å². The van der Waals surface area contributed by atoms with E-state index in [1.807, 2.05) is 24.3 Å². The Labute approximate surface area is 337 Å². The first-order valence-electron chi connectivity index (χ1n) is 19.7. The third kappa shape index (κ3) is 5.70. The molecule has 272 valence electrons. The van der Waals surface area contributed by atoms with E-state index in [4.69, 9.17) is 9.97 Å². The third-order valence-electron chi connectivity index (χ3n) is 11.1. The molecule has 0 atom stereocenters. The average Bonchev–Trinajstić information content (AvgIpc) is 3.58. The zero-order valence-corrected chi connectivity index (χ0v) is 31.6. The van der Waals surface area contributed by atoms with Gasteiger partial charge in [0.25, 0.3) is 0 Å². The zero-order chi connectivity index (χ0) is 38.4. The number of benzene rings is 8. The van der Waals surface area contributed by atoms with Crippen LogP contribution in [-0.2, 0) is 0 Å². The van der Waals surface area contributed by atoms with Gasteiger partial charge in [-0.2, -0.15) is 0 Å². The summed E-state index contributed by atoms with van der Waals surface area (Å²) in [5.74, 6) is 0.706. The molecule has 2 aromatic heterocycles. The van der Waals surface area contributed by atoms with Crippen LogP contribution in [-0.4, -0.2) is 14.5 Å². The fourth-order valence-electron chi connectivity index (χ4n) is 8.50. The molecule has 4 heteroatoms. The Balaban J connectivity index is 1.14. The molecule has 0 saturated heterocycles. The van der Waals surface area contributed by atoms with Crippen LogP contribution in [0, 0.1) is 0 Å². The molecule has 0 aliphatic carbocycles. The van der Waals surface area contributed by atoms with E-state index in [1.165, 1.54) is 27.8 Å². The molecule has 4 nitrogen and oxygen atoms in total. The SMILES string of the molecule is c1ccc(-c2cc(-c3cccc(-c4ccc5c(c4)c4c(n5-c5ccccc5)-c5ccccc5N(c5ccccc5)c5ccccc5-4)c3)nc(-c3ccccc3)n2)cc1. The minimum Gasteiger partial charge on any atom is -0.309 e. The summed E-state index contributed by atoms with van der Waals surface area (Å²) in [6.07, 6.45) is 0. The van der Waals surface area contributed by atoms with Gasteiger partial charge < -0.3 is 9.47 Å². The lowest BCUT2D eigenvalue weighted by molar-refractivity contribution is 1.13. The maximum atomic E-state index is 5.15. The first kappa shape index (κ1) is 33.5. The topological polar surface area (TPSA) is 34.0 Å². The van der Waals surface area contributed by atoms with Crippen LogP contribution in [0.3, 0.4) is 0 Å². The number of para-hydroxylation sites is 4. The molecule has 0 radical (unpaired) electrons. The fraction of sp³-hybridized carbons (Fsp3) is 0. The van der Waals surface area contributed by atoms with Crippen LogP contribution in [0.4, 0.5) is 17.1 Å². The number of fused-ring (bicyclic) bond motifs is 7. The van der Waals surface area contributed by atoms with Gasteiger partial charge >= 0.3 is 0 Å². The molecule has 3 heterocycles. The fourth-order valence-corrected chi connectivity index (χ4v) is 8.50. The van der Waals surface area contributed by atoms with Crippen molar-refractivity contribution in [2.24, 2.45) is 0 Å². The number of anilines is 3. The maximum absolute atomic E-state index is 5.15. The van der Waals surface area contributed by atoms with Crippen molar-refractivity contribution in [1.82, 2.24) is 14.5 Å². The molecule has 0 amide bonds. The molecule has 11 rings (SSSR count). The van der Waals surface area contributed by atoms with Crippen molar-refractivity contribution in [1.29, 1.82) is 0 Å². The Morgan fingerprint density at radius 1 is 0.345 bits per heavy atom. The molecule has 0 saturated carbocycles. The second-order valence-electron chi connectivity index (χ2n) is 14.6. The molecule has 1 aliphatic heterocycles. The zero-order valence-electron chi connectivity index (χ0n) is 31.6. The van der Waals surface area contributed by atoms with Crippen LogP contribution in [0.2, 0.25) is 0 Å². The molecule has 10 aromatic rings. The minimum atomic E-state index is 0.706. The third-order valence-corrected chi connectivity index (χ3v) is 11.1. The van der Waals surface area contributed by atoms with E-state index in [2.05, 4.69) is 204 Å². The lowest BCUT2D eigenvalue weighted by Crippen LogP contribution is -2.11. The quantitative estimate of drug-likeness (QED) is 0.170. The number of rotatable bonds is 6. The van der Waals surface area contributed by atoms with E-state index in [0.29, 0.717) is 5.82 Å². The summed E-state index contributed by atoms with van der Waals surface area (Å²) < 4.78 is 2.45. The molecule has 0 N–H and O–H groups in total. The van der Waals surface area contributed by atoms with E-state index in [0.717, 1.165) is 67.5 Å². The molecule has 0 spiro atoms. The number of nitrogens with zero attached hydrogens (tertiary/aromatic N) is 4. The van der Waals surface area contributed by atoms with Crippen molar-refractivity contribution in [2.45, 2.75) is 0 Å². The van der Waals surface area contributed by atoms with Crippen molar-refractivity contribution in [3.05, 3.63) is 218 Å². The first-order chi connectivity index (χ1) is 28.8. The van der Waals surface area contributed by atoms with E-state index in [-0.39, 0.29) is 0 Å². The molecule has 8 aromatic carbocycles. The highest BCUT2D eigenvalue weighted by atomic mass is 15.2. The Kier molecular flexibility index (Phi) is 8.11. The maximum Gasteiger partial charge on any atom is 0.160 e. The summed E-state index contributed by atoms with van der Waals surface area (Å²) >= 11 is 0.